The zero-order chi connectivity index (χ0) is 14.0. The molecule has 0 radical (unpaired) electrons. The number of hydrogen-bond acceptors (Lipinski definition) is 2. The predicted octanol–water partition coefficient (Wildman–Crippen LogP) is 3.59. The highest BCUT2D eigenvalue weighted by Crippen LogP contribution is 2.29. The van der Waals surface area contributed by atoms with Crippen LogP contribution in [0.3, 0.4) is 0 Å². The Morgan fingerprint density at radius 1 is 0.947 bits per heavy atom. The summed E-state index contributed by atoms with van der Waals surface area (Å²) in [5.74, 6) is -2.69. The van der Waals surface area contributed by atoms with Gasteiger partial charge in [-0.2, -0.15) is 0 Å². The lowest BCUT2D eigenvalue weighted by Crippen LogP contribution is -1.96. The second-order valence-electron chi connectivity index (χ2n) is 3.82. The fourth-order valence-electron chi connectivity index (χ4n) is 1.73. The predicted molar refractivity (Wildman–Crippen MR) is 63.7 cm³/mol. The highest BCUT2D eigenvalue weighted by Gasteiger charge is 2.14. The average molecular weight is 266 g/mol. The van der Waals surface area contributed by atoms with Gasteiger partial charge in [0.05, 0.1) is 7.11 Å². The minimum absolute atomic E-state index is 0.00167. The number of halogens is 3. The van der Waals surface area contributed by atoms with Gasteiger partial charge in [0, 0.05) is 17.2 Å². The minimum Gasteiger partial charge on any atom is -0.497 e. The van der Waals surface area contributed by atoms with Gasteiger partial charge < -0.3 is 4.74 Å². The van der Waals surface area contributed by atoms with E-state index in [1.807, 2.05) is 0 Å². The summed E-state index contributed by atoms with van der Waals surface area (Å²) < 4.78 is 45.0. The molecule has 0 aromatic heterocycles. The third kappa shape index (κ3) is 2.45. The Hall–Kier alpha value is -2.30. The highest BCUT2D eigenvalue weighted by atomic mass is 19.2. The molecule has 19 heavy (non-hydrogen) atoms. The van der Waals surface area contributed by atoms with Gasteiger partial charge >= 0.3 is 0 Å². The van der Waals surface area contributed by atoms with Gasteiger partial charge in [-0.15, -0.1) is 0 Å². The number of methoxy groups -OCH3 is 1. The number of rotatable bonds is 3. The Balaban J connectivity index is 2.64. The van der Waals surface area contributed by atoms with Crippen LogP contribution in [0.1, 0.15) is 10.4 Å². The first kappa shape index (κ1) is 13.1. The van der Waals surface area contributed by atoms with Crippen molar-refractivity contribution in [3.8, 4) is 16.9 Å². The minimum atomic E-state index is -1.15. The van der Waals surface area contributed by atoms with Crippen molar-refractivity contribution in [3.63, 3.8) is 0 Å². The molecule has 0 aliphatic carbocycles. The maximum absolute atomic E-state index is 13.9. The molecule has 0 unspecified atom stereocenters. The van der Waals surface area contributed by atoms with Gasteiger partial charge in [-0.25, -0.2) is 13.2 Å². The van der Waals surface area contributed by atoms with Gasteiger partial charge in [-0.1, -0.05) is 0 Å². The molecule has 0 bridgehead atoms. The second-order valence-corrected chi connectivity index (χ2v) is 3.82. The molecule has 0 saturated carbocycles. The Morgan fingerprint density at radius 2 is 1.63 bits per heavy atom. The van der Waals surface area contributed by atoms with Crippen LogP contribution in [-0.4, -0.2) is 13.4 Å². The Kier molecular flexibility index (Phi) is 3.55. The summed E-state index contributed by atoms with van der Waals surface area (Å²) in [6.07, 6.45) is 0.349. The Bertz CT molecular complexity index is 639. The molecule has 0 heterocycles. The molecule has 0 fully saturated rings. The second kappa shape index (κ2) is 5.14. The van der Waals surface area contributed by atoms with E-state index in [-0.39, 0.29) is 22.4 Å². The zero-order valence-electron chi connectivity index (χ0n) is 9.91. The van der Waals surface area contributed by atoms with Crippen LogP contribution in [0.5, 0.6) is 5.75 Å². The van der Waals surface area contributed by atoms with Crippen molar-refractivity contribution >= 4 is 6.29 Å². The molecular formula is C14H9F3O2. The van der Waals surface area contributed by atoms with Crippen LogP contribution in [0.15, 0.2) is 30.3 Å². The molecule has 0 amide bonds. The molecule has 2 rings (SSSR count). The summed E-state index contributed by atoms with van der Waals surface area (Å²) in [4.78, 5) is 10.9. The fraction of sp³-hybridized carbons (Fsp3) is 0.0714. The van der Waals surface area contributed by atoms with E-state index in [0.29, 0.717) is 6.29 Å². The summed E-state index contributed by atoms with van der Waals surface area (Å²) in [5.41, 5.74) is -0.126. The number of hydrogen-bond donors (Lipinski definition) is 0. The maximum Gasteiger partial charge on any atom is 0.159 e. The lowest BCUT2D eigenvalue weighted by molar-refractivity contribution is 0.112. The molecule has 0 N–H and O–H groups in total. The topological polar surface area (TPSA) is 26.3 Å². The first-order valence-electron chi connectivity index (χ1n) is 5.35. The monoisotopic (exact) mass is 266 g/mol. The smallest absolute Gasteiger partial charge is 0.159 e. The maximum atomic E-state index is 13.9. The summed E-state index contributed by atoms with van der Waals surface area (Å²) in [6.45, 7) is 0. The first-order valence-corrected chi connectivity index (χ1v) is 5.35. The van der Waals surface area contributed by atoms with E-state index >= 15 is 0 Å². The van der Waals surface area contributed by atoms with Crippen molar-refractivity contribution in [1.82, 2.24) is 0 Å². The third-order valence-electron chi connectivity index (χ3n) is 2.69. The zero-order valence-corrected chi connectivity index (χ0v) is 9.91. The quantitative estimate of drug-likeness (QED) is 0.793. The summed E-state index contributed by atoms with van der Waals surface area (Å²) >= 11 is 0. The van der Waals surface area contributed by atoms with Crippen molar-refractivity contribution in [1.29, 1.82) is 0 Å². The van der Waals surface area contributed by atoms with Crippen molar-refractivity contribution in [2.75, 3.05) is 7.11 Å². The average Bonchev–Trinajstić information content (AvgIpc) is 2.41. The standard InChI is InChI=1S/C14H9F3O2/c1-19-9-2-3-10(12(15)5-9)11-6-14(17)13(16)4-8(11)7-18/h2-7H,1H3. The van der Waals surface area contributed by atoms with E-state index in [1.54, 1.807) is 0 Å². The lowest BCUT2D eigenvalue weighted by atomic mass is 9.99. The van der Waals surface area contributed by atoms with E-state index in [4.69, 9.17) is 4.74 Å². The van der Waals surface area contributed by atoms with Crippen molar-refractivity contribution in [3.05, 3.63) is 53.3 Å². The molecule has 0 saturated heterocycles. The third-order valence-corrected chi connectivity index (χ3v) is 2.69. The van der Waals surface area contributed by atoms with Gasteiger partial charge in [0.15, 0.2) is 17.9 Å². The summed E-state index contributed by atoms with van der Waals surface area (Å²) in [6, 6.07) is 5.44. The summed E-state index contributed by atoms with van der Waals surface area (Å²) in [7, 11) is 1.38. The van der Waals surface area contributed by atoms with Gasteiger partial charge in [0.1, 0.15) is 11.6 Å². The van der Waals surface area contributed by atoms with Crippen LogP contribution in [-0.2, 0) is 0 Å². The van der Waals surface area contributed by atoms with Crippen molar-refractivity contribution in [2.45, 2.75) is 0 Å². The molecule has 2 aromatic carbocycles. The van der Waals surface area contributed by atoms with Gasteiger partial charge in [0.25, 0.3) is 0 Å². The van der Waals surface area contributed by atoms with Crippen LogP contribution in [0.2, 0.25) is 0 Å². The number of carbonyl (C=O) groups excluding carboxylic acids is 1. The van der Waals surface area contributed by atoms with E-state index < -0.39 is 17.5 Å². The van der Waals surface area contributed by atoms with E-state index in [0.717, 1.165) is 18.2 Å². The Morgan fingerprint density at radius 3 is 2.21 bits per heavy atom. The van der Waals surface area contributed by atoms with Crippen LogP contribution < -0.4 is 4.74 Å². The van der Waals surface area contributed by atoms with Crippen LogP contribution in [0.4, 0.5) is 13.2 Å². The Labute approximate surface area is 107 Å². The summed E-state index contributed by atoms with van der Waals surface area (Å²) in [5, 5.41) is 0. The highest BCUT2D eigenvalue weighted by molar-refractivity contribution is 5.87. The molecule has 0 aliphatic heterocycles. The molecule has 98 valence electrons. The SMILES string of the molecule is COc1ccc(-c2cc(F)c(F)cc2C=O)c(F)c1. The van der Waals surface area contributed by atoms with Gasteiger partial charge in [-0.3, -0.25) is 4.79 Å². The molecular weight excluding hydrogens is 257 g/mol. The van der Waals surface area contributed by atoms with Gasteiger partial charge in [0.2, 0.25) is 0 Å². The number of carbonyl (C=O) groups is 1. The van der Waals surface area contributed by atoms with Crippen LogP contribution in [0, 0.1) is 17.5 Å². The molecule has 5 heteroatoms. The normalized spacial score (nSPS) is 10.3. The fourth-order valence-corrected chi connectivity index (χ4v) is 1.73. The van der Waals surface area contributed by atoms with E-state index in [2.05, 4.69) is 0 Å². The molecule has 2 aromatic rings. The van der Waals surface area contributed by atoms with Crippen LogP contribution in [0.25, 0.3) is 11.1 Å². The molecule has 0 aliphatic rings. The number of benzene rings is 2. The van der Waals surface area contributed by atoms with Crippen molar-refractivity contribution < 1.29 is 22.7 Å². The van der Waals surface area contributed by atoms with E-state index in [9.17, 15) is 18.0 Å². The largest absolute Gasteiger partial charge is 0.497 e. The molecule has 0 atom stereocenters. The van der Waals surface area contributed by atoms with E-state index in [1.165, 1.54) is 19.2 Å². The molecule has 2 nitrogen and oxygen atoms in total. The van der Waals surface area contributed by atoms with Crippen molar-refractivity contribution in [2.24, 2.45) is 0 Å². The van der Waals surface area contributed by atoms with Gasteiger partial charge in [-0.05, 0) is 29.8 Å². The lowest BCUT2D eigenvalue weighted by Gasteiger charge is -2.09. The molecule has 0 spiro atoms. The van der Waals surface area contributed by atoms with Crippen LogP contribution >= 0.6 is 0 Å². The first-order chi connectivity index (χ1) is 9.06. The number of ether oxygens (including phenoxy) is 1. The number of aldehydes is 1.